The van der Waals surface area contributed by atoms with E-state index in [-0.39, 0.29) is 0 Å². The average Bonchev–Trinajstić information content (AvgIpc) is 2.86. The third-order valence-corrected chi connectivity index (χ3v) is 2.45. The molecule has 3 aromatic heterocycles. The quantitative estimate of drug-likeness (QED) is 0.691. The molecule has 17 heavy (non-hydrogen) atoms. The second kappa shape index (κ2) is 3.82. The summed E-state index contributed by atoms with van der Waals surface area (Å²) in [6.07, 6.45) is 5.09. The number of aromatic nitrogens is 5. The molecule has 0 saturated heterocycles. The largest absolute Gasteiger partial charge is 0.357 e. The van der Waals surface area contributed by atoms with Crippen molar-refractivity contribution in [3.63, 3.8) is 0 Å². The Bertz CT molecular complexity index is 660. The van der Waals surface area contributed by atoms with Gasteiger partial charge in [0.2, 0.25) is 5.95 Å². The second-order valence-corrected chi connectivity index (χ2v) is 3.51. The summed E-state index contributed by atoms with van der Waals surface area (Å²) in [4.78, 5) is 19.8. The average molecular weight is 226 g/mol. The molecular weight excluding hydrogens is 216 g/mol. The molecule has 2 N–H and O–H groups in total. The minimum atomic E-state index is 0.590. The Morgan fingerprint density at radius 2 is 2.18 bits per heavy atom. The first-order valence-electron chi connectivity index (χ1n) is 5.17. The molecule has 3 rings (SSSR count). The molecule has 6 nitrogen and oxygen atoms in total. The van der Waals surface area contributed by atoms with Crippen molar-refractivity contribution in [3.8, 4) is 11.3 Å². The van der Waals surface area contributed by atoms with E-state index in [1.54, 1.807) is 25.8 Å². The molecule has 0 bridgehead atoms. The first-order chi connectivity index (χ1) is 8.36. The van der Waals surface area contributed by atoms with Crippen LogP contribution in [0.3, 0.4) is 0 Å². The van der Waals surface area contributed by atoms with Crippen LogP contribution in [0.4, 0.5) is 5.95 Å². The van der Waals surface area contributed by atoms with Gasteiger partial charge in [-0.1, -0.05) is 0 Å². The van der Waals surface area contributed by atoms with Gasteiger partial charge < -0.3 is 10.3 Å². The lowest BCUT2D eigenvalue weighted by molar-refractivity contribution is 1.15. The van der Waals surface area contributed by atoms with E-state index in [0.717, 1.165) is 16.8 Å². The van der Waals surface area contributed by atoms with Crippen molar-refractivity contribution in [2.24, 2.45) is 0 Å². The molecule has 6 heteroatoms. The van der Waals surface area contributed by atoms with Gasteiger partial charge in [0.1, 0.15) is 0 Å². The van der Waals surface area contributed by atoms with E-state index in [0.29, 0.717) is 11.6 Å². The predicted molar refractivity (Wildman–Crippen MR) is 64.5 cm³/mol. The molecule has 0 amide bonds. The number of aromatic amines is 1. The molecule has 0 radical (unpaired) electrons. The highest BCUT2D eigenvalue weighted by molar-refractivity contribution is 5.76. The van der Waals surface area contributed by atoms with Crippen LogP contribution in [-0.4, -0.2) is 32.0 Å². The van der Waals surface area contributed by atoms with Crippen LogP contribution in [-0.2, 0) is 0 Å². The molecule has 3 aromatic rings. The van der Waals surface area contributed by atoms with Crippen LogP contribution in [0.15, 0.2) is 30.9 Å². The number of imidazole rings is 1. The van der Waals surface area contributed by atoms with Gasteiger partial charge in [-0.2, -0.15) is 0 Å². The van der Waals surface area contributed by atoms with E-state index in [1.165, 1.54) is 0 Å². The van der Waals surface area contributed by atoms with Gasteiger partial charge >= 0.3 is 0 Å². The van der Waals surface area contributed by atoms with Gasteiger partial charge in [0, 0.05) is 25.0 Å². The highest BCUT2D eigenvalue weighted by Crippen LogP contribution is 2.19. The molecule has 84 valence electrons. The molecule has 0 aliphatic heterocycles. The van der Waals surface area contributed by atoms with Gasteiger partial charge in [0.05, 0.1) is 17.5 Å². The van der Waals surface area contributed by atoms with Gasteiger partial charge in [0.15, 0.2) is 5.65 Å². The van der Waals surface area contributed by atoms with E-state index in [9.17, 15) is 0 Å². The maximum Gasteiger partial charge on any atom is 0.222 e. The van der Waals surface area contributed by atoms with E-state index >= 15 is 0 Å². The van der Waals surface area contributed by atoms with Crippen LogP contribution in [0.1, 0.15) is 0 Å². The molecule has 0 unspecified atom stereocenters. The molecule has 0 aromatic carbocycles. The van der Waals surface area contributed by atoms with Crippen LogP contribution in [0, 0.1) is 0 Å². The smallest absolute Gasteiger partial charge is 0.222 e. The SMILES string of the molecule is CNc1nccc(-c2cnc3nc[nH]c3c2)n1. The lowest BCUT2D eigenvalue weighted by Crippen LogP contribution is -1.96. The van der Waals surface area contributed by atoms with Crippen LogP contribution >= 0.6 is 0 Å². The van der Waals surface area contributed by atoms with Crippen molar-refractivity contribution >= 4 is 17.1 Å². The summed E-state index contributed by atoms with van der Waals surface area (Å²) in [5, 5.41) is 2.91. The zero-order valence-corrected chi connectivity index (χ0v) is 9.18. The highest BCUT2D eigenvalue weighted by Gasteiger charge is 2.04. The summed E-state index contributed by atoms with van der Waals surface area (Å²) in [5.41, 5.74) is 3.36. The zero-order valence-electron chi connectivity index (χ0n) is 9.18. The summed E-state index contributed by atoms with van der Waals surface area (Å²) in [5.74, 6) is 0.590. The van der Waals surface area contributed by atoms with Crippen molar-refractivity contribution in [2.45, 2.75) is 0 Å². The Labute approximate surface area is 97.2 Å². The Kier molecular flexibility index (Phi) is 2.18. The molecule has 3 heterocycles. The Balaban J connectivity index is 2.12. The van der Waals surface area contributed by atoms with E-state index in [2.05, 4.69) is 30.2 Å². The van der Waals surface area contributed by atoms with Crippen molar-refractivity contribution < 1.29 is 0 Å². The number of hydrogen-bond donors (Lipinski definition) is 2. The lowest BCUT2D eigenvalue weighted by Gasteiger charge is -2.02. The number of anilines is 1. The molecule has 0 spiro atoms. The van der Waals surface area contributed by atoms with Crippen LogP contribution in [0.2, 0.25) is 0 Å². The number of H-pyrrole nitrogens is 1. The summed E-state index contributed by atoms with van der Waals surface area (Å²) in [6, 6.07) is 3.82. The van der Waals surface area contributed by atoms with Crippen molar-refractivity contribution in [2.75, 3.05) is 12.4 Å². The Hall–Kier alpha value is -2.50. The zero-order chi connectivity index (χ0) is 11.7. The van der Waals surface area contributed by atoms with Crippen LogP contribution in [0.25, 0.3) is 22.4 Å². The second-order valence-electron chi connectivity index (χ2n) is 3.51. The monoisotopic (exact) mass is 226 g/mol. The van der Waals surface area contributed by atoms with Gasteiger partial charge in [-0.3, -0.25) is 0 Å². The number of rotatable bonds is 2. The van der Waals surface area contributed by atoms with Gasteiger partial charge in [-0.25, -0.2) is 19.9 Å². The number of nitrogens with one attached hydrogen (secondary N) is 2. The Morgan fingerprint density at radius 1 is 1.24 bits per heavy atom. The van der Waals surface area contributed by atoms with Crippen molar-refractivity contribution in [3.05, 3.63) is 30.9 Å². The molecule has 0 atom stereocenters. The summed E-state index contributed by atoms with van der Waals surface area (Å²) in [7, 11) is 1.79. The van der Waals surface area contributed by atoms with Crippen molar-refractivity contribution in [1.82, 2.24) is 24.9 Å². The minimum absolute atomic E-state index is 0.590. The summed E-state index contributed by atoms with van der Waals surface area (Å²) in [6.45, 7) is 0. The molecule has 0 aliphatic rings. The number of nitrogens with zero attached hydrogens (tertiary/aromatic N) is 4. The lowest BCUT2D eigenvalue weighted by atomic mass is 10.2. The van der Waals surface area contributed by atoms with E-state index in [4.69, 9.17) is 0 Å². The third kappa shape index (κ3) is 1.69. The summed E-state index contributed by atoms with van der Waals surface area (Å²) < 4.78 is 0. The first kappa shape index (κ1) is 9.71. The van der Waals surface area contributed by atoms with E-state index in [1.807, 2.05) is 12.1 Å². The maximum absolute atomic E-state index is 4.36. The van der Waals surface area contributed by atoms with Gasteiger partial charge in [0.25, 0.3) is 0 Å². The van der Waals surface area contributed by atoms with Gasteiger partial charge in [-0.05, 0) is 12.1 Å². The fourth-order valence-corrected chi connectivity index (χ4v) is 1.61. The first-order valence-corrected chi connectivity index (χ1v) is 5.17. The molecule has 0 aliphatic carbocycles. The fraction of sp³-hybridized carbons (Fsp3) is 0.0909. The molecular formula is C11H10N6. The van der Waals surface area contributed by atoms with Crippen molar-refractivity contribution in [1.29, 1.82) is 0 Å². The van der Waals surface area contributed by atoms with Crippen LogP contribution in [0.5, 0.6) is 0 Å². The maximum atomic E-state index is 4.36. The normalized spacial score (nSPS) is 10.6. The van der Waals surface area contributed by atoms with Crippen LogP contribution < -0.4 is 5.32 Å². The van der Waals surface area contributed by atoms with Gasteiger partial charge in [-0.15, -0.1) is 0 Å². The number of hydrogen-bond acceptors (Lipinski definition) is 5. The number of fused-ring (bicyclic) bond motifs is 1. The highest BCUT2D eigenvalue weighted by atomic mass is 15.1. The minimum Gasteiger partial charge on any atom is -0.357 e. The molecule has 0 saturated carbocycles. The third-order valence-electron chi connectivity index (χ3n) is 2.45. The predicted octanol–water partition coefficient (Wildman–Crippen LogP) is 1.46. The summed E-state index contributed by atoms with van der Waals surface area (Å²) >= 11 is 0. The standard InChI is InChI=1S/C11H10N6/c1-12-11-13-3-2-8(17-11)7-4-9-10(14-5-7)16-6-15-9/h2-6H,1H3,(H,12,13,17)(H,14,15,16). The number of pyridine rings is 1. The topological polar surface area (TPSA) is 79.4 Å². The Morgan fingerprint density at radius 3 is 3.06 bits per heavy atom. The molecule has 0 fully saturated rings. The fourth-order valence-electron chi connectivity index (χ4n) is 1.61. The van der Waals surface area contributed by atoms with E-state index < -0.39 is 0 Å².